The number of carbonyl (C=O) groups excluding carboxylic acids is 1. The number of nitriles is 1. The minimum Gasteiger partial charge on any atom is -0.496 e. The lowest BCUT2D eigenvalue weighted by Crippen LogP contribution is -2.32. The van der Waals surface area contributed by atoms with Crippen molar-refractivity contribution >= 4 is 17.3 Å². The number of anilines is 1. The van der Waals surface area contributed by atoms with Crippen molar-refractivity contribution in [2.75, 3.05) is 25.7 Å². The third-order valence-electron chi connectivity index (χ3n) is 6.38. The van der Waals surface area contributed by atoms with Crippen LogP contribution in [0.15, 0.2) is 96.0 Å². The van der Waals surface area contributed by atoms with Crippen LogP contribution >= 0.6 is 0 Å². The standard InChI is InChI=1S/C31H25N3O3/c1-36-28-14-7-6-13-24(28)25-16-26-27(17-29(25)37-2)34(20-21-9-4-3-5-10-21)30(35)19-33-31(26)23-12-8-11-22(15-23)18-32/h3-17H,19-20H2,1-2H3. The average molecular weight is 488 g/mol. The number of rotatable bonds is 6. The molecule has 1 heterocycles. The highest BCUT2D eigenvalue weighted by molar-refractivity contribution is 6.20. The molecule has 0 saturated carbocycles. The van der Waals surface area contributed by atoms with E-state index in [1.807, 2.05) is 78.9 Å². The summed E-state index contributed by atoms with van der Waals surface area (Å²) in [5.74, 6) is 1.20. The van der Waals surface area contributed by atoms with Crippen LogP contribution in [-0.4, -0.2) is 32.4 Å². The van der Waals surface area contributed by atoms with Crippen molar-refractivity contribution in [2.24, 2.45) is 4.99 Å². The number of nitrogens with zero attached hydrogens (tertiary/aromatic N) is 3. The molecule has 0 radical (unpaired) electrons. The highest BCUT2D eigenvalue weighted by atomic mass is 16.5. The van der Waals surface area contributed by atoms with Crippen LogP contribution < -0.4 is 14.4 Å². The second-order valence-electron chi connectivity index (χ2n) is 8.59. The summed E-state index contributed by atoms with van der Waals surface area (Å²) in [5, 5.41) is 9.50. The van der Waals surface area contributed by atoms with Gasteiger partial charge in [0.15, 0.2) is 0 Å². The normalized spacial score (nSPS) is 12.7. The number of hydrogen-bond acceptors (Lipinski definition) is 5. The van der Waals surface area contributed by atoms with E-state index in [4.69, 9.17) is 14.5 Å². The Labute approximate surface area is 216 Å². The Balaban J connectivity index is 1.76. The second-order valence-corrected chi connectivity index (χ2v) is 8.59. The first kappa shape index (κ1) is 23.8. The number of para-hydroxylation sites is 1. The first-order chi connectivity index (χ1) is 18.1. The highest BCUT2D eigenvalue weighted by Gasteiger charge is 2.28. The number of benzodiazepines with no additional fused rings is 1. The largest absolute Gasteiger partial charge is 0.496 e. The zero-order chi connectivity index (χ0) is 25.8. The molecule has 4 aromatic carbocycles. The number of fused-ring (bicyclic) bond motifs is 1. The third kappa shape index (κ3) is 4.67. The van der Waals surface area contributed by atoms with Crippen molar-refractivity contribution in [1.82, 2.24) is 0 Å². The van der Waals surface area contributed by atoms with Gasteiger partial charge in [0, 0.05) is 28.3 Å². The predicted molar refractivity (Wildman–Crippen MR) is 144 cm³/mol. The number of carbonyl (C=O) groups is 1. The van der Waals surface area contributed by atoms with Gasteiger partial charge in [-0.25, -0.2) is 0 Å². The molecule has 0 atom stereocenters. The third-order valence-corrected chi connectivity index (χ3v) is 6.38. The van der Waals surface area contributed by atoms with Gasteiger partial charge >= 0.3 is 0 Å². The predicted octanol–water partition coefficient (Wildman–Crippen LogP) is 5.63. The summed E-state index contributed by atoms with van der Waals surface area (Å²) in [5.41, 5.74) is 6.10. The Morgan fingerprint density at radius 2 is 1.59 bits per heavy atom. The first-order valence-electron chi connectivity index (χ1n) is 11.9. The molecule has 0 spiro atoms. The maximum absolute atomic E-state index is 13.4. The fourth-order valence-electron chi connectivity index (χ4n) is 4.60. The van der Waals surface area contributed by atoms with Crippen LogP contribution in [0.5, 0.6) is 11.5 Å². The van der Waals surface area contributed by atoms with Gasteiger partial charge in [-0.2, -0.15) is 5.26 Å². The van der Waals surface area contributed by atoms with Gasteiger partial charge < -0.3 is 14.4 Å². The zero-order valence-corrected chi connectivity index (χ0v) is 20.6. The molecule has 4 aromatic rings. The van der Waals surface area contributed by atoms with Crippen LogP contribution in [0.1, 0.15) is 22.3 Å². The SMILES string of the molecule is COc1ccccc1-c1cc2c(cc1OC)N(Cc1ccccc1)C(=O)CN=C2c1cccc(C#N)c1. The van der Waals surface area contributed by atoms with Crippen LogP contribution in [0.2, 0.25) is 0 Å². The summed E-state index contributed by atoms with van der Waals surface area (Å²) in [6, 6.07) is 31.0. The van der Waals surface area contributed by atoms with Crippen molar-refractivity contribution in [2.45, 2.75) is 6.54 Å². The molecule has 37 heavy (non-hydrogen) atoms. The summed E-state index contributed by atoms with van der Waals surface area (Å²) >= 11 is 0. The van der Waals surface area contributed by atoms with Crippen molar-refractivity contribution in [3.05, 3.63) is 113 Å². The van der Waals surface area contributed by atoms with Crippen molar-refractivity contribution in [1.29, 1.82) is 5.26 Å². The van der Waals surface area contributed by atoms with Crippen LogP contribution in [0.25, 0.3) is 11.1 Å². The summed E-state index contributed by atoms with van der Waals surface area (Å²) in [7, 11) is 3.25. The smallest absolute Gasteiger partial charge is 0.248 e. The minimum absolute atomic E-state index is 0.0140. The molecular weight excluding hydrogens is 462 g/mol. The Bertz CT molecular complexity index is 1540. The van der Waals surface area contributed by atoms with Gasteiger partial charge in [0.1, 0.15) is 18.0 Å². The average Bonchev–Trinajstić information content (AvgIpc) is 3.08. The van der Waals surface area contributed by atoms with Gasteiger partial charge in [-0.15, -0.1) is 0 Å². The lowest BCUT2D eigenvalue weighted by atomic mass is 9.93. The molecule has 0 bridgehead atoms. The molecule has 6 heteroatoms. The molecule has 6 nitrogen and oxygen atoms in total. The van der Waals surface area contributed by atoms with Gasteiger partial charge in [-0.1, -0.05) is 60.7 Å². The number of methoxy groups -OCH3 is 2. The number of aliphatic imine (C=N–C) groups is 1. The Morgan fingerprint density at radius 3 is 2.35 bits per heavy atom. The zero-order valence-electron chi connectivity index (χ0n) is 20.6. The van der Waals surface area contributed by atoms with Crippen LogP contribution in [0, 0.1) is 11.3 Å². The van der Waals surface area contributed by atoms with Crippen LogP contribution in [0.4, 0.5) is 5.69 Å². The summed E-state index contributed by atoms with van der Waals surface area (Å²) < 4.78 is 11.5. The molecule has 182 valence electrons. The fraction of sp³-hybridized carbons (Fsp3) is 0.129. The molecule has 5 rings (SSSR count). The van der Waals surface area contributed by atoms with Crippen LogP contribution in [-0.2, 0) is 11.3 Å². The summed E-state index contributed by atoms with van der Waals surface area (Å²) in [6.07, 6.45) is 0. The molecule has 0 N–H and O–H groups in total. The number of ether oxygens (including phenoxy) is 2. The summed E-state index contributed by atoms with van der Waals surface area (Å²) in [4.78, 5) is 20.0. The van der Waals surface area contributed by atoms with E-state index in [-0.39, 0.29) is 12.5 Å². The minimum atomic E-state index is -0.122. The highest BCUT2D eigenvalue weighted by Crippen LogP contribution is 2.42. The Morgan fingerprint density at radius 1 is 0.838 bits per heavy atom. The lowest BCUT2D eigenvalue weighted by molar-refractivity contribution is -0.117. The second kappa shape index (κ2) is 10.4. The molecule has 0 fully saturated rings. The molecule has 1 aliphatic rings. The quantitative estimate of drug-likeness (QED) is 0.353. The fourth-order valence-corrected chi connectivity index (χ4v) is 4.60. The van der Waals surface area contributed by atoms with E-state index in [0.717, 1.165) is 27.8 Å². The van der Waals surface area contributed by atoms with Crippen molar-refractivity contribution in [3.8, 4) is 28.7 Å². The number of amides is 1. The van der Waals surface area contributed by atoms with Crippen LogP contribution in [0.3, 0.4) is 0 Å². The van der Waals surface area contributed by atoms with Gasteiger partial charge in [-0.05, 0) is 29.8 Å². The van der Waals surface area contributed by atoms with Crippen molar-refractivity contribution in [3.63, 3.8) is 0 Å². The molecule has 0 saturated heterocycles. The first-order valence-corrected chi connectivity index (χ1v) is 11.9. The summed E-state index contributed by atoms with van der Waals surface area (Å²) in [6.45, 7) is 0.380. The van der Waals surface area contributed by atoms with Gasteiger partial charge in [0.05, 0.1) is 43.8 Å². The van der Waals surface area contributed by atoms with E-state index in [1.165, 1.54) is 0 Å². The lowest BCUT2D eigenvalue weighted by Gasteiger charge is -2.25. The molecule has 0 aliphatic carbocycles. The van der Waals surface area contributed by atoms with Gasteiger partial charge in [-0.3, -0.25) is 9.79 Å². The number of hydrogen-bond donors (Lipinski definition) is 0. The maximum atomic E-state index is 13.4. The van der Waals surface area contributed by atoms with E-state index in [1.54, 1.807) is 31.3 Å². The van der Waals surface area contributed by atoms with E-state index in [2.05, 4.69) is 6.07 Å². The molecule has 1 aliphatic heterocycles. The Kier molecular flexibility index (Phi) is 6.69. The van der Waals surface area contributed by atoms with Crippen molar-refractivity contribution < 1.29 is 14.3 Å². The molecule has 0 aromatic heterocycles. The van der Waals surface area contributed by atoms with Gasteiger partial charge in [0.25, 0.3) is 0 Å². The monoisotopic (exact) mass is 487 g/mol. The van der Waals surface area contributed by atoms with E-state index in [9.17, 15) is 10.1 Å². The van der Waals surface area contributed by atoms with E-state index < -0.39 is 0 Å². The topological polar surface area (TPSA) is 74.9 Å². The molecular formula is C31H25N3O3. The van der Waals surface area contributed by atoms with E-state index >= 15 is 0 Å². The molecule has 0 unspecified atom stereocenters. The maximum Gasteiger partial charge on any atom is 0.248 e. The molecule has 1 amide bonds. The van der Waals surface area contributed by atoms with E-state index in [0.29, 0.717) is 35.0 Å². The Hall–Kier alpha value is -4.89. The number of benzene rings is 4. The van der Waals surface area contributed by atoms with Gasteiger partial charge in [0.2, 0.25) is 5.91 Å².